The zero-order valence-electron chi connectivity index (χ0n) is 12.0. The number of aryl methyl sites for hydroxylation is 2. The van der Waals surface area contributed by atoms with E-state index < -0.39 is 7.25 Å². The summed E-state index contributed by atoms with van der Waals surface area (Å²) in [5.41, 5.74) is 2.51. The van der Waals surface area contributed by atoms with Crippen LogP contribution in [-0.2, 0) is 6.54 Å². The zero-order chi connectivity index (χ0) is 15.1. The van der Waals surface area contributed by atoms with Gasteiger partial charge in [0.25, 0.3) is 0 Å². The van der Waals surface area contributed by atoms with Gasteiger partial charge in [0, 0.05) is 12.2 Å². The third-order valence-electron chi connectivity index (χ3n) is 2.88. The summed E-state index contributed by atoms with van der Waals surface area (Å²) in [5, 5.41) is 0. The Hall–Kier alpha value is -1.01. The van der Waals surface area contributed by atoms with Crippen molar-refractivity contribution in [1.82, 2.24) is 9.55 Å². The molecule has 0 radical (unpaired) electrons. The summed E-state index contributed by atoms with van der Waals surface area (Å²) in [7, 11) is -6.00. The maximum atomic E-state index is 9.75. The van der Waals surface area contributed by atoms with Crippen LogP contribution in [0.3, 0.4) is 0 Å². The normalized spacial score (nSPS) is 11.2. The lowest BCUT2D eigenvalue weighted by molar-refractivity contribution is 0.368. The molecule has 7 heteroatoms. The maximum Gasteiger partial charge on any atom is 0.673 e. The Bertz CT molecular complexity index is 369. The first-order valence-corrected chi connectivity index (χ1v) is 6.54. The molecule has 1 heterocycles. The van der Waals surface area contributed by atoms with Crippen molar-refractivity contribution in [1.29, 1.82) is 0 Å². The zero-order valence-corrected chi connectivity index (χ0v) is 12.0. The molecule has 0 bridgehead atoms. The molecule has 0 atom stereocenters. The van der Waals surface area contributed by atoms with E-state index in [4.69, 9.17) is 0 Å². The second-order valence-electron chi connectivity index (χ2n) is 4.54. The Labute approximate surface area is 112 Å². The maximum absolute atomic E-state index is 9.75. The fourth-order valence-corrected chi connectivity index (χ4v) is 1.85. The van der Waals surface area contributed by atoms with Gasteiger partial charge < -0.3 is 21.8 Å². The van der Waals surface area contributed by atoms with Gasteiger partial charge in [0.2, 0.25) is 0 Å². The SMILES string of the molecule is CCCCCCn1c(C)nc(C)c1C.F[B-](F)(F)F. The van der Waals surface area contributed by atoms with Crippen molar-refractivity contribution in [2.75, 3.05) is 0 Å². The predicted octanol–water partition coefficient (Wildman–Crippen LogP) is 4.69. The van der Waals surface area contributed by atoms with Crippen molar-refractivity contribution in [3.63, 3.8) is 0 Å². The molecule has 0 fully saturated rings. The Balaban J connectivity index is 0.000000555. The van der Waals surface area contributed by atoms with Crippen LogP contribution in [0.1, 0.15) is 49.8 Å². The van der Waals surface area contributed by atoms with Crippen LogP contribution in [0, 0.1) is 20.8 Å². The Morgan fingerprint density at radius 1 is 1.00 bits per heavy atom. The standard InChI is InChI=1S/C12H22N2.BF4/c1-5-6-7-8-9-14-11(3)10(2)13-12(14)4;2-1(3,4)5/h5-9H2,1-4H3;/q;-1. The molecule has 0 saturated heterocycles. The highest BCUT2D eigenvalue weighted by molar-refractivity contribution is 6.50. The number of imidazole rings is 1. The summed E-state index contributed by atoms with van der Waals surface area (Å²) in [5.74, 6) is 1.16. The molecule has 0 spiro atoms. The van der Waals surface area contributed by atoms with Crippen LogP contribution in [0.15, 0.2) is 0 Å². The lowest BCUT2D eigenvalue weighted by atomic mass is 10.2. The lowest BCUT2D eigenvalue weighted by Crippen LogP contribution is -2.02. The smallest absolute Gasteiger partial charge is 0.418 e. The van der Waals surface area contributed by atoms with Gasteiger partial charge in [-0.1, -0.05) is 26.2 Å². The number of hydrogen-bond acceptors (Lipinski definition) is 1. The molecule has 0 N–H and O–H groups in total. The van der Waals surface area contributed by atoms with Gasteiger partial charge in [-0.3, -0.25) is 0 Å². The molecule has 0 aliphatic heterocycles. The minimum absolute atomic E-state index is 1.14. The van der Waals surface area contributed by atoms with E-state index in [1.807, 2.05) is 0 Å². The average molecular weight is 281 g/mol. The lowest BCUT2D eigenvalue weighted by Gasteiger charge is -2.07. The largest absolute Gasteiger partial charge is 0.673 e. The van der Waals surface area contributed by atoms with Gasteiger partial charge >= 0.3 is 7.25 Å². The molecule has 1 aromatic heterocycles. The van der Waals surface area contributed by atoms with E-state index in [0.717, 1.165) is 12.4 Å². The fourth-order valence-electron chi connectivity index (χ4n) is 1.85. The first-order valence-electron chi connectivity index (χ1n) is 6.54. The van der Waals surface area contributed by atoms with E-state index in [-0.39, 0.29) is 0 Å². The van der Waals surface area contributed by atoms with Crippen molar-refractivity contribution in [2.45, 2.75) is 59.9 Å². The first-order chi connectivity index (χ1) is 8.66. The molecule has 112 valence electrons. The van der Waals surface area contributed by atoms with E-state index in [0.29, 0.717) is 0 Å². The number of rotatable bonds is 5. The van der Waals surface area contributed by atoms with Gasteiger partial charge in [-0.25, -0.2) is 4.98 Å². The molecular weight excluding hydrogens is 259 g/mol. The van der Waals surface area contributed by atoms with E-state index in [2.05, 4.69) is 37.2 Å². The Morgan fingerprint density at radius 3 is 1.89 bits per heavy atom. The van der Waals surface area contributed by atoms with Crippen LogP contribution in [0.25, 0.3) is 0 Å². The summed E-state index contributed by atoms with van der Waals surface area (Å²) in [6.45, 7) is 9.73. The third kappa shape index (κ3) is 8.67. The van der Waals surface area contributed by atoms with Crippen molar-refractivity contribution < 1.29 is 17.3 Å². The van der Waals surface area contributed by atoms with E-state index in [1.165, 1.54) is 37.1 Å². The van der Waals surface area contributed by atoms with E-state index in [9.17, 15) is 17.3 Å². The summed E-state index contributed by atoms with van der Waals surface area (Å²) < 4.78 is 41.3. The molecule has 0 amide bonds. The topological polar surface area (TPSA) is 17.8 Å². The molecule has 0 unspecified atom stereocenters. The molecule has 1 rings (SSSR count). The summed E-state index contributed by atoms with van der Waals surface area (Å²) in [4.78, 5) is 4.47. The molecule has 0 aromatic carbocycles. The molecule has 0 saturated carbocycles. The van der Waals surface area contributed by atoms with Gasteiger partial charge in [0.1, 0.15) is 5.82 Å². The minimum atomic E-state index is -6.00. The van der Waals surface area contributed by atoms with Crippen LogP contribution in [0.2, 0.25) is 0 Å². The molecule has 0 aliphatic carbocycles. The van der Waals surface area contributed by atoms with Crippen LogP contribution in [0.5, 0.6) is 0 Å². The van der Waals surface area contributed by atoms with Crippen LogP contribution < -0.4 is 0 Å². The van der Waals surface area contributed by atoms with Crippen LogP contribution >= 0.6 is 0 Å². The quantitative estimate of drug-likeness (QED) is 0.435. The highest BCUT2D eigenvalue weighted by atomic mass is 19.5. The second-order valence-corrected chi connectivity index (χ2v) is 4.54. The molecule has 19 heavy (non-hydrogen) atoms. The second kappa shape index (κ2) is 8.22. The van der Waals surface area contributed by atoms with E-state index >= 15 is 0 Å². The Morgan fingerprint density at radius 2 is 1.53 bits per heavy atom. The van der Waals surface area contributed by atoms with Crippen molar-refractivity contribution in [3.05, 3.63) is 17.2 Å². The third-order valence-corrected chi connectivity index (χ3v) is 2.88. The van der Waals surface area contributed by atoms with Gasteiger partial charge in [-0.05, 0) is 27.2 Å². The highest BCUT2D eigenvalue weighted by Crippen LogP contribution is 2.11. The number of halogens is 4. The minimum Gasteiger partial charge on any atom is -0.418 e. The number of aromatic nitrogens is 2. The van der Waals surface area contributed by atoms with Crippen molar-refractivity contribution >= 4 is 7.25 Å². The summed E-state index contributed by atoms with van der Waals surface area (Å²) in [6.07, 6.45) is 5.28. The first kappa shape index (κ1) is 18.0. The van der Waals surface area contributed by atoms with Crippen LogP contribution in [-0.4, -0.2) is 16.8 Å². The van der Waals surface area contributed by atoms with Crippen LogP contribution in [0.4, 0.5) is 17.3 Å². The average Bonchev–Trinajstić information content (AvgIpc) is 2.48. The fraction of sp³-hybridized carbons (Fsp3) is 0.750. The van der Waals surface area contributed by atoms with Gasteiger partial charge in [-0.2, -0.15) is 0 Å². The van der Waals surface area contributed by atoms with Crippen molar-refractivity contribution in [3.8, 4) is 0 Å². The monoisotopic (exact) mass is 281 g/mol. The summed E-state index contributed by atoms with van der Waals surface area (Å²) >= 11 is 0. The predicted molar refractivity (Wildman–Crippen MR) is 70.8 cm³/mol. The molecular formula is C12H22BF4N2-. The van der Waals surface area contributed by atoms with Gasteiger partial charge in [0.15, 0.2) is 0 Å². The van der Waals surface area contributed by atoms with Gasteiger partial charge in [0.05, 0.1) is 5.69 Å². The number of unbranched alkanes of at least 4 members (excludes halogenated alkanes) is 3. The molecule has 1 aromatic rings. The highest BCUT2D eigenvalue weighted by Gasteiger charge is 2.20. The van der Waals surface area contributed by atoms with Crippen molar-refractivity contribution in [2.24, 2.45) is 0 Å². The molecule has 0 aliphatic rings. The number of hydrogen-bond donors (Lipinski definition) is 0. The van der Waals surface area contributed by atoms with Gasteiger partial charge in [-0.15, -0.1) is 0 Å². The number of nitrogens with zero attached hydrogens (tertiary/aromatic N) is 2. The molecule has 2 nitrogen and oxygen atoms in total. The Kier molecular flexibility index (Phi) is 7.79. The summed E-state index contributed by atoms with van der Waals surface area (Å²) in [6, 6.07) is 0. The van der Waals surface area contributed by atoms with E-state index in [1.54, 1.807) is 0 Å².